The molecule has 4 N–H and O–H groups in total. The zero-order valence-electron chi connectivity index (χ0n) is 12.4. The summed E-state index contributed by atoms with van der Waals surface area (Å²) in [6, 6.07) is 9.76. The van der Waals surface area contributed by atoms with Gasteiger partial charge in [0.2, 0.25) is 0 Å². The van der Waals surface area contributed by atoms with Gasteiger partial charge >= 0.3 is 0 Å². The van der Waals surface area contributed by atoms with Crippen LogP contribution >= 0.6 is 11.6 Å². The van der Waals surface area contributed by atoms with Gasteiger partial charge in [0, 0.05) is 25.3 Å². The quantitative estimate of drug-likeness (QED) is 0.757. The molecular formula is C15H19ClN6. The summed E-state index contributed by atoms with van der Waals surface area (Å²) in [4.78, 5) is 2.08. The normalized spacial score (nSPS) is 23.8. The van der Waals surface area contributed by atoms with Gasteiger partial charge in [-0.15, -0.1) is 0 Å². The minimum Gasteiger partial charge on any atom is -0.375 e. The molecule has 6 nitrogen and oxygen atoms in total. The average molecular weight is 319 g/mol. The highest BCUT2D eigenvalue weighted by molar-refractivity contribution is 6.32. The number of anilines is 1. The number of nitrogens with two attached hydrogens (primary N) is 1. The van der Waals surface area contributed by atoms with Crippen LogP contribution in [0.5, 0.6) is 0 Å². The van der Waals surface area contributed by atoms with Crippen LogP contribution < -0.4 is 21.5 Å². The summed E-state index contributed by atoms with van der Waals surface area (Å²) in [5.74, 6) is -0.213. The molecule has 1 aromatic rings. The zero-order valence-corrected chi connectivity index (χ0v) is 13.1. The molecule has 0 bridgehead atoms. The minimum atomic E-state index is -0.315. The first kappa shape index (κ1) is 16.5. The topological polar surface area (TPSA) is 101 Å². The van der Waals surface area contributed by atoms with Crippen LogP contribution in [0.15, 0.2) is 18.2 Å². The molecule has 0 saturated carbocycles. The Morgan fingerprint density at radius 1 is 1.36 bits per heavy atom. The number of rotatable bonds is 5. The van der Waals surface area contributed by atoms with E-state index in [1.165, 1.54) is 0 Å². The van der Waals surface area contributed by atoms with Crippen molar-refractivity contribution in [1.82, 2.24) is 10.9 Å². The molecular weight excluding hydrogens is 300 g/mol. The van der Waals surface area contributed by atoms with Crippen LogP contribution in [0.25, 0.3) is 0 Å². The van der Waals surface area contributed by atoms with Gasteiger partial charge in [0.05, 0.1) is 28.7 Å². The van der Waals surface area contributed by atoms with Gasteiger partial charge in [-0.3, -0.25) is 5.43 Å². The molecule has 2 rings (SSSR count). The van der Waals surface area contributed by atoms with Crippen LogP contribution in [-0.2, 0) is 0 Å². The van der Waals surface area contributed by atoms with Gasteiger partial charge in [0.15, 0.2) is 0 Å². The first-order valence-corrected chi connectivity index (χ1v) is 7.51. The van der Waals surface area contributed by atoms with Crippen molar-refractivity contribution in [3.63, 3.8) is 0 Å². The maximum Gasteiger partial charge on any atom is 0.101 e. The molecule has 1 saturated heterocycles. The molecule has 1 fully saturated rings. The summed E-state index contributed by atoms with van der Waals surface area (Å²) in [5, 5.41) is 18.5. The second-order valence-electron chi connectivity index (χ2n) is 5.42. The predicted molar refractivity (Wildman–Crippen MR) is 85.8 cm³/mol. The molecule has 0 aliphatic carbocycles. The lowest BCUT2D eigenvalue weighted by atomic mass is 9.97. The highest BCUT2D eigenvalue weighted by Gasteiger charge is 2.32. The number of nitrogens with zero attached hydrogens (tertiary/aromatic N) is 3. The van der Waals surface area contributed by atoms with E-state index in [2.05, 4.69) is 21.8 Å². The Balaban J connectivity index is 1.86. The number of hydrogen-bond donors (Lipinski definition) is 3. The smallest absolute Gasteiger partial charge is 0.101 e. The SMILES string of the molecule is CN(CCCC1NNC(N)C1C#N)c1ccc(C#N)c(Cl)c1. The monoisotopic (exact) mass is 318 g/mol. The Labute approximate surface area is 135 Å². The fourth-order valence-electron chi connectivity index (χ4n) is 2.56. The van der Waals surface area contributed by atoms with Crippen LogP contribution in [0.1, 0.15) is 18.4 Å². The third-order valence-corrected chi connectivity index (χ3v) is 4.24. The van der Waals surface area contributed by atoms with E-state index >= 15 is 0 Å². The Hall–Kier alpha value is -1.83. The average Bonchev–Trinajstić information content (AvgIpc) is 2.87. The Bertz CT molecular complexity index is 605. The lowest BCUT2D eigenvalue weighted by molar-refractivity contribution is 0.464. The van der Waals surface area contributed by atoms with Gasteiger partial charge in [0.1, 0.15) is 6.07 Å². The molecule has 7 heteroatoms. The molecule has 3 unspecified atom stereocenters. The number of hydrazine groups is 1. The molecule has 1 aliphatic heterocycles. The molecule has 22 heavy (non-hydrogen) atoms. The maximum absolute atomic E-state index is 9.11. The number of nitrogens with one attached hydrogen (secondary N) is 2. The Morgan fingerprint density at radius 2 is 2.14 bits per heavy atom. The van der Waals surface area contributed by atoms with Gasteiger partial charge in [-0.2, -0.15) is 10.5 Å². The van der Waals surface area contributed by atoms with Gasteiger partial charge < -0.3 is 10.6 Å². The first-order valence-electron chi connectivity index (χ1n) is 7.14. The summed E-state index contributed by atoms with van der Waals surface area (Å²) >= 11 is 6.05. The summed E-state index contributed by atoms with van der Waals surface area (Å²) in [5.41, 5.74) is 13.2. The highest BCUT2D eigenvalue weighted by atomic mass is 35.5. The Morgan fingerprint density at radius 3 is 2.77 bits per heavy atom. The summed E-state index contributed by atoms with van der Waals surface area (Å²) in [6.45, 7) is 0.827. The molecule has 1 heterocycles. The van der Waals surface area contributed by atoms with E-state index < -0.39 is 0 Å². The fourth-order valence-corrected chi connectivity index (χ4v) is 2.78. The lowest BCUT2D eigenvalue weighted by Crippen LogP contribution is -2.38. The molecule has 116 valence electrons. The zero-order chi connectivity index (χ0) is 16.1. The van der Waals surface area contributed by atoms with Crippen LogP contribution in [0.4, 0.5) is 5.69 Å². The molecule has 0 radical (unpaired) electrons. The summed E-state index contributed by atoms with van der Waals surface area (Å²) in [6.07, 6.45) is 1.45. The van der Waals surface area contributed by atoms with Crippen molar-refractivity contribution >= 4 is 17.3 Å². The number of nitriles is 2. The largest absolute Gasteiger partial charge is 0.375 e. The van der Waals surface area contributed by atoms with Crippen LogP contribution in [0.2, 0.25) is 5.02 Å². The van der Waals surface area contributed by atoms with E-state index in [1.54, 1.807) is 12.1 Å². The summed E-state index contributed by atoms with van der Waals surface area (Å²) in [7, 11) is 1.98. The minimum absolute atomic E-state index is 0.0675. The lowest BCUT2D eigenvalue weighted by Gasteiger charge is -2.21. The summed E-state index contributed by atoms with van der Waals surface area (Å²) < 4.78 is 0. The highest BCUT2D eigenvalue weighted by Crippen LogP contribution is 2.23. The second-order valence-corrected chi connectivity index (χ2v) is 5.82. The molecule has 1 aromatic carbocycles. The Kier molecular flexibility index (Phi) is 5.59. The van der Waals surface area contributed by atoms with Crippen molar-refractivity contribution in [2.24, 2.45) is 11.7 Å². The number of benzene rings is 1. The van der Waals surface area contributed by atoms with Crippen LogP contribution in [0.3, 0.4) is 0 Å². The van der Waals surface area contributed by atoms with E-state index in [0.717, 1.165) is 25.1 Å². The predicted octanol–water partition coefficient (Wildman–Crippen LogP) is 1.33. The molecule has 0 spiro atoms. The molecule has 3 atom stereocenters. The van der Waals surface area contributed by atoms with E-state index in [4.69, 9.17) is 27.9 Å². The molecule has 0 amide bonds. The second kappa shape index (κ2) is 7.44. The fraction of sp³-hybridized carbons (Fsp3) is 0.467. The van der Waals surface area contributed by atoms with E-state index in [-0.39, 0.29) is 18.1 Å². The van der Waals surface area contributed by atoms with Gasteiger partial charge in [0.25, 0.3) is 0 Å². The molecule has 0 aromatic heterocycles. The number of halogens is 1. The van der Waals surface area contributed by atoms with Gasteiger partial charge in [-0.25, -0.2) is 5.43 Å². The van der Waals surface area contributed by atoms with E-state index in [0.29, 0.717) is 10.6 Å². The first-order chi connectivity index (χ1) is 10.6. The van der Waals surface area contributed by atoms with Crippen molar-refractivity contribution in [3.8, 4) is 12.1 Å². The maximum atomic E-state index is 9.11. The van der Waals surface area contributed by atoms with Crippen molar-refractivity contribution < 1.29 is 0 Å². The van der Waals surface area contributed by atoms with Crippen molar-refractivity contribution in [2.45, 2.75) is 25.0 Å². The third-order valence-electron chi connectivity index (χ3n) is 3.93. The van der Waals surface area contributed by atoms with Gasteiger partial charge in [-0.1, -0.05) is 11.6 Å². The van der Waals surface area contributed by atoms with Crippen molar-refractivity contribution in [2.75, 3.05) is 18.5 Å². The van der Waals surface area contributed by atoms with Crippen molar-refractivity contribution in [1.29, 1.82) is 10.5 Å². The standard InChI is InChI=1S/C15H19ClN6/c1-22(11-5-4-10(8-17)13(16)7-11)6-2-3-14-12(9-18)15(19)21-20-14/h4-5,7,12,14-15,20-21H,2-3,6,19H2,1H3. The van der Waals surface area contributed by atoms with Crippen molar-refractivity contribution in [3.05, 3.63) is 28.8 Å². The van der Waals surface area contributed by atoms with E-state index in [1.807, 2.05) is 19.2 Å². The van der Waals surface area contributed by atoms with E-state index in [9.17, 15) is 0 Å². The third kappa shape index (κ3) is 3.68. The van der Waals surface area contributed by atoms with Crippen LogP contribution in [-0.4, -0.2) is 25.8 Å². The van der Waals surface area contributed by atoms with Crippen LogP contribution in [0, 0.1) is 28.6 Å². The molecule has 1 aliphatic rings. The van der Waals surface area contributed by atoms with Gasteiger partial charge in [-0.05, 0) is 31.0 Å². The number of hydrogen-bond acceptors (Lipinski definition) is 6.